The van der Waals surface area contributed by atoms with E-state index < -0.39 is 11.7 Å². The molecule has 0 atom stereocenters. The minimum absolute atomic E-state index is 0.185. The summed E-state index contributed by atoms with van der Waals surface area (Å²) in [6.45, 7) is 0.766. The zero-order valence-corrected chi connectivity index (χ0v) is 13.8. The number of aromatic nitrogens is 3. The SMILES string of the molecule is COc1cc(CNCc2cnc3c(cnn3C)c2)cc(C(F)(F)F)c1. The number of methoxy groups -OCH3 is 1. The largest absolute Gasteiger partial charge is 0.497 e. The summed E-state index contributed by atoms with van der Waals surface area (Å²) in [7, 11) is 3.16. The topological polar surface area (TPSA) is 52.0 Å². The molecular weight excluding hydrogens is 333 g/mol. The highest BCUT2D eigenvalue weighted by Crippen LogP contribution is 2.32. The Bertz CT molecular complexity index is 889. The van der Waals surface area contributed by atoms with E-state index in [9.17, 15) is 13.2 Å². The van der Waals surface area contributed by atoms with Gasteiger partial charge in [-0.3, -0.25) is 4.68 Å². The normalized spacial score (nSPS) is 11.9. The van der Waals surface area contributed by atoms with Crippen LogP contribution in [0.2, 0.25) is 0 Å². The van der Waals surface area contributed by atoms with E-state index in [1.807, 2.05) is 13.1 Å². The van der Waals surface area contributed by atoms with Crippen molar-refractivity contribution in [2.24, 2.45) is 7.05 Å². The van der Waals surface area contributed by atoms with Gasteiger partial charge in [0, 0.05) is 31.7 Å². The highest BCUT2D eigenvalue weighted by Gasteiger charge is 2.31. The van der Waals surface area contributed by atoms with E-state index in [1.54, 1.807) is 23.1 Å². The molecule has 132 valence electrons. The molecule has 1 aromatic carbocycles. The fraction of sp³-hybridized carbons (Fsp3) is 0.294. The lowest BCUT2D eigenvalue weighted by atomic mass is 10.1. The van der Waals surface area contributed by atoms with Crippen LogP contribution in [0, 0.1) is 0 Å². The van der Waals surface area contributed by atoms with Crippen molar-refractivity contribution in [1.29, 1.82) is 0 Å². The molecule has 0 fully saturated rings. The molecule has 1 N–H and O–H groups in total. The van der Waals surface area contributed by atoms with E-state index in [0.717, 1.165) is 28.7 Å². The highest BCUT2D eigenvalue weighted by molar-refractivity contribution is 5.74. The van der Waals surface area contributed by atoms with Gasteiger partial charge >= 0.3 is 6.18 Å². The van der Waals surface area contributed by atoms with E-state index in [1.165, 1.54) is 7.11 Å². The molecule has 0 unspecified atom stereocenters. The molecule has 0 aliphatic carbocycles. The van der Waals surface area contributed by atoms with Gasteiger partial charge in [-0.2, -0.15) is 18.3 Å². The van der Waals surface area contributed by atoms with Gasteiger partial charge in [0.25, 0.3) is 0 Å². The summed E-state index contributed by atoms with van der Waals surface area (Å²) in [4.78, 5) is 4.33. The quantitative estimate of drug-likeness (QED) is 0.767. The highest BCUT2D eigenvalue weighted by atomic mass is 19.4. The van der Waals surface area contributed by atoms with Crippen molar-refractivity contribution in [3.05, 3.63) is 53.3 Å². The minimum Gasteiger partial charge on any atom is -0.497 e. The standard InChI is InChI=1S/C17H17F3N4O/c1-24-16-13(10-23-24)3-12(9-22-16)8-21-7-11-4-14(17(18,19)20)6-15(5-11)25-2/h3-6,9-10,21H,7-8H2,1-2H3. The first-order chi connectivity index (χ1) is 11.9. The van der Waals surface area contributed by atoms with Gasteiger partial charge in [-0.15, -0.1) is 0 Å². The molecule has 0 saturated carbocycles. The van der Waals surface area contributed by atoms with Crippen LogP contribution in [-0.2, 0) is 26.3 Å². The molecule has 3 aromatic rings. The van der Waals surface area contributed by atoms with Crippen molar-refractivity contribution in [3.8, 4) is 5.75 Å². The number of alkyl halides is 3. The fourth-order valence-electron chi connectivity index (χ4n) is 2.58. The van der Waals surface area contributed by atoms with Crippen LogP contribution < -0.4 is 10.1 Å². The van der Waals surface area contributed by atoms with Crippen molar-refractivity contribution < 1.29 is 17.9 Å². The van der Waals surface area contributed by atoms with Crippen molar-refractivity contribution >= 4 is 11.0 Å². The maximum Gasteiger partial charge on any atom is 0.416 e. The van der Waals surface area contributed by atoms with Gasteiger partial charge in [0.1, 0.15) is 5.75 Å². The molecule has 2 heterocycles. The van der Waals surface area contributed by atoms with Gasteiger partial charge in [-0.1, -0.05) is 0 Å². The van der Waals surface area contributed by atoms with Gasteiger partial charge in [-0.05, 0) is 35.4 Å². The number of pyridine rings is 1. The Labute approximate surface area is 142 Å². The maximum absolute atomic E-state index is 12.9. The molecular formula is C17H17F3N4O. The van der Waals surface area contributed by atoms with Gasteiger partial charge in [-0.25, -0.2) is 4.98 Å². The number of benzene rings is 1. The third-order valence-electron chi connectivity index (χ3n) is 3.82. The first kappa shape index (κ1) is 17.2. The molecule has 0 bridgehead atoms. The van der Waals surface area contributed by atoms with Crippen LogP contribution >= 0.6 is 0 Å². The van der Waals surface area contributed by atoms with E-state index in [-0.39, 0.29) is 12.3 Å². The summed E-state index contributed by atoms with van der Waals surface area (Å²) in [6, 6.07) is 5.65. The number of ether oxygens (including phenoxy) is 1. The molecule has 3 rings (SSSR count). The van der Waals surface area contributed by atoms with E-state index in [0.29, 0.717) is 12.1 Å². The molecule has 0 amide bonds. The lowest BCUT2D eigenvalue weighted by Gasteiger charge is -2.12. The Morgan fingerprint density at radius 1 is 1.08 bits per heavy atom. The first-order valence-corrected chi connectivity index (χ1v) is 7.59. The van der Waals surface area contributed by atoms with Crippen LogP contribution in [0.25, 0.3) is 11.0 Å². The van der Waals surface area contributed by atoms with Crippen LogP contribution in [-0.4, -0.2) is 21.9 Å². The van der Waals surface area contributed by atoms with E-state index in [4.69, 9.17) is 4.74 Å². The Hall–Kier alpha value is -2.61. The van der Waals surface area contributed by atoms with Crippen molar-refractivity contribution in [1.82, 2.24) is 20.1 Å². The number of fused-ring (bicyclic) bond motifs is 1. The van der Waals surface area contributed by atoms with E-state index in [2.05, 4.69) is 15.4 Å². The summed E-state index contributed by atoms with van der Waals surface area (Å²) in [6.07, 6.45) is -0.953. The number of halogens is 3. The van der Waals surface area contributed by atoms with Crippen LogP contribution in [0.3, 0.4) is 0 Å². The minimum atomic E-state index is -4.40. The van der Waals surface area contributed by atoms with Gasteiger partial charge in [0.2, 0.25) is 0 Å². The predicted molar refractivity (Wildman–Crippen MR) is 87.0 cm³/mol. The average Bonchev–Trinajstić information content (AvgIpc) is 2.94. The van der Waals surface area contributed by atoms with Gasteiger partial charge in [0.05, 0.1) is 18.9 Å². The first-order valence-electron chi connectivity index (χ1n) is 7.59. The fourth-order valence-corrected chi connectivity index (χ4v) is 2.58. The van der Waals surface area contributed by atoms with Crippen LogP contribution in [0.4, 0.5) is 13.2 Å². The monoisotopic (exact) mass is 350 g/mol. The lowest BCUT2D eigenvalue weighted by molar-refractivity contribution is -0.137. The molecule has 2 aromatic heterocycles. The summed E-state index contributed by atoms with van der Waals surface area (Å²) >= 11 is 0. The number of hydrogen-bond donors (Lipinski definition) is 1. The summed E-state index contributed by atoms with van der Waals surface area (Å²) < 4.78 is 45.4. The van der Waals surface area contributed by atoms with Crippen molar-refractivity contribution in [2.45, 2.75) is 19.3 Å². The van der Waals surface area contributed by atoms with Crippen molar-refractivity contribution in [2.75, 3.05) is 7.11 Å². The molecule has 5 nitrogen and oxygen atoms in total. The van der Waals surface area contributed by atoms with Gasteiger partial charge in [0.15, 0.2) is 5.65 Å². The molecule has 8 heteroatoms. The maximum atomic E-state index is 12.9. The molecule has 0 aliphatic heterocycles. The number of hydrogen-bond acceptors (Lipinski definition) is 4. The number of nitrogens with one attached hydrogen (secondary N) is 1. The lowest BCUT2D eigenvalue weighted by Crippen LogP contribution is -2.14. The van der Waals surface area contributed by atoms with Crippen molar-refractivity contribution in [3.63, 3.8) is 0 Å². The zero-order valence-electron chi connectivity index (χ0n) is 13.8. The second kappa shape index (κ2) is 6.72. The van der Waals surface area contributed by atoms with E-state index >= 15 is 0 Å². The Morgan fingerprint density at radius 2 is 1.84 bits per heavy atom. The third-order valence-corrected chi connectivity index (χ3v) is 3.82. The molecule has 0 aliphatic rings. The Kier molecular flexibility index (Phi) is 4.63. The van der Waals surface area contributed by atoms with Crippen LogP contribution in [0.15, 0.2) is 36.7 Å². The van der Waals surface area contributed by atoms with Crippen LogP contribution in [0.1, 0.15) is 16.7 Å². The summed E-state index contributed by atoms with van der Waals surface area (Å²) in [5.74, 6) is 0.185. The zero-order chi connectivity index (χ0) is 18.0. The smallest absolute Gasteiger partial charge is 0.416 e. The summed E-state index contributed by atoms with van der Waals surface area (Å²) in [5, 5.41) is 8.18. The molecule has 0 saturated heterocycles. The number of rotatable bonds is 5. The molecule has 25 heavy (non-hydrogen) atoms. The Morgan fingerprint density at radius 3 is 2.56 bits per heavy atom. The number of aryl methyl sites for hydroxylation is 1. The Balaban J connectivity index is 1.70. The molecule has 0 spiro atoms. The third kappa shape index (κ3) is 3.90. The second-order valence-corrected chi connectivity index (χ2v) is 5.70. The number of nitrogens with zero attached hydrogens (tertiary/aromatic N) is 3. The van der Waals surface area contributed by atoms with Gasteiger partial charge < -0.3 is 10.1 Å². The average molecular weight is 350 g/mol. The second-order valence-electron chi connectivity index (χ2n) is 5.70. The molecule has 0 radical (unpaired) electrons. The predicted octanol–water partition coefficient (Wildman–Crippen LogP) is 3.29. The van der Waals surface area contributed by atoms with Crippen LogP contribution in [0.5, 0.6) is 5.75 Å². The summed E-state index contributed by atoms with van der Waals surface area (Å²) in [5.41, 5.74) is 1.50.